The number of halogens is 1. The predicted octanol–water partition coefficient (Wildman–Crippen LogP) is 3.32. The van der Waals surface area contributed by atoms with Gasteiger partial charge >= 0.3 is 0 Å². The molecule has 1 aromatic carbocycles. The largest absolute Gasteiger partial charge is 0.465 e. The van der Waals surface area contributed by atoms with Crippen LogP contribution < -0.4 is 0 Å². The minimum Gasteiger partial charge on any atom is -0.465 e. The van der Waals surface area contributed by atoms with E-state index in [4.69, 9.17) is 4.42 Å². The summed E-state index contributed by atoms with van der Waals surface area (Å²) < 4.78 is 6.01. The maximum atomic E-state index is 9.92. The first-order valence-corrected chi connectivity index (χ1v) is 5.51. The van der Waals surface area contributed by atoms with Crippen molar-refractivity contribution in [3.63, 3.8) is 0 Å². The van der Waals surface area contributed by atoms with E-state index in [1.807, 2.05) is 30.3 Å². The van der Waals surface area contributed by atoms with Crippen LogP contribution in [0, 0.1) is 0 Å². The Balaban J connectivity index is 2.11. The number of benzene rings is 1. The number of aliphatic hydroxyl groups is 1. The summed E-state index contributed by atoms with van der Waals surface area (Å²) in [6.07, 6.45) is 1.53. The fourth-order valence-corrected chi connectivity index (χ4v) is 1.94. The van der Waals surface area contributed by atoms with Gasteiger partial charge in [-0.3, -0.25) is 0 Å². The highest BCUT2D eigenvalue weighted by Gasteiger charge is 2.14. The van der Waals surface area contributed by atoms with Gasteiger partial charge in [0.25, 0.3) is 0 Å². The molecule has 15 heavy (non-hydrogen) atoms. The van der Waals surface area contributed by atoms with Crippen molar-refractivity contribution in [2.75, 3.05) is 0 Å². The van der Waals surface area contributed by atoms with E-state index in [1.54, 1.807) is 12.3 Å². The smallest absolute Gasteiger partial charge is 0.146 e. The van der Waals surface area contributed by atoms with E-state index in [9.17, 15) is 5.11 Å². The Bertz CT molecular complexity index is 422. The molecular weight excluding hydrogens is 256 g/mol. The van der Waals surface area contributed by atoms with Gasteiger partial charge in [-0.25, -0.2) is 0 Å². The summed E-state index contributed by atoms with van der Waals surface area (Å²) >= 11 is 3.33. The lowest BCUT2D eigenvalue weighted by Gasteiger charge is -2.08. The van der Waals surface area contributed by atoms with E-state index in [1.165, 1.54) is 0 Å². The molecule has 0 amide bonds. The molecule has 2 aromatic rings. The van der Waals surface area contributed by atoms with E-state index < -0.39 is 6.10 Å². The lowest BCUT2D eigenvalue weighted by molar-refractivity contribution is 0.149. The zero-order valence-corrected chi connectivity index (χ0v) is 9.65. The van der Waals surface area contributed by atoms with Gasteiger partial charge in [-0.15, -0.1) is 0 Å². The van der Waals surface area contributed by atoms with Crippen LogP contribution in [-0.2, 0) is 6.42 Å². The van der Waals surface area contributed by atoms with Crippen LogP contribution in [-0.4, -0.2) is 5.11 Å². The fourth-order valence-electron chi connectivity index (χ4n) is 1.47. The van der Waals surface area contributed by atoms with Crippen molar-refractivity contribution in [1.29, 1.82) is 0 Å². The molecule has 0 bridgehead atoms. The first-order chi connectivity index (χ1) is 7.27. The van der Waals surface area contributed by atoms with Crippen LogP contribution in [0.4, 0.5) is 0 Å². The van der Waals surface area contributed by atoms with Gasteiger partial charge in [0.2, 0.25) is 0 Å². The molecule has 0 radical (unpaired) electrons. The molecule has 0 saturated heterocycles. The second-order valence-corrected chi connectivity index (χ2v) is 4.19. The zero-order valence-electron chi connectivity index (χ0n) is 8.06. The van der Waals surface area contributed by atoms with Crippen molar-refractivity contribution in [2.45, 2.75) is 12.5 Å². The van der Waals surface area contributed by atoms with Crippen molar-refractivity contribution >= 4 is 15.9 Å². The van der Waals surface area contributed by atoms with Crippen LogP contribution >= 0.6 is 15.9 Å². The molecule has 1 unspecified atom stereocenters. The summed E-state index contributed by atoms with van der Waals surface area (Å²) in [5.41, 5.74) is 1.09. The SMILES string of the molecule is OC(Cc1ccccc1)c1occc1Br. The fraction of sp³-hybridized carbons (Fsp3) is 0.167. The number of rotatable bonds is 3. The quantitative estimate of drug-likeness (QED) is 0.925. The summed E-state index contributed by atoms with van der Waals surface area (Å²) in [5, 5.41) is 9.92. The van der Waals surface area contributed by atoms with Gasteiger partial charge < -0.3 is 9.52 Å². The Labute approximate surface area is 96.7 Å². The Kier molecular flexibility index (Phi) is 3.23. The summed E-state index contributed by atoms with van der Waals surface area (Å²) in [5.74, 6) is 0.582. The van der Waals surface area contributed by atoms with Crippen LogP contribution in [0.3, 0.4) is 0 Å². The van der Waals surface area contributed by atoms with E-state index in [0.717, 1.165) is 10.0 Å². The predicted molar refractivity (Wildman–Crippen MR) is 61.5 cm³/mol. The molecule has 78 valence electrons. The van der Waals surface area contributed by atoms with Crippen molar-refractivity contribution in [2.24, 2.45) is 0 Å². The molecule has 0 aliphatic carbocycles. The molecule has 0 saturated carbocycles. The molecule has 1 atom stereocenters. The molecule has 3 heteroatoms. The number of hydrogen-bond acceptors (Lipinski definition) is 2. The van der Waals surface area contributed by atoms with Gasteiger partial charge in [-0.1, -0.05) is 30.3 Å². The summed E-state index contributed by atoms with van der Waals surface area (Å²) in [4.78, 5) is 0. The van der Waals surface area contributed by atoms with Crippen LogP contribution in [0.5, 0.6) is 0 Å². The minimum absolute atomic E-state index is 0.562. The van der Waals surface area contributed by atoms with Gasteiger partial charge in [-0.2, -0.15) is 0 Å². The first-order valence-electron chi connectivity index (χ1n) is 4.72. The highest BCUT2D eigenvalue weighted by molar-refractivity contribution is 9.10. The van der Waals surface area contributed by atoms with Crippen molar-refractivity contribution in [1.82, 2.24) is 0 Å². The number of aliphatic hydroxyl groups excluding tert-OH is 1. The summed E-state index contributed by atoms with van der Waals surface area (Å²) in [6.45, 7) is 0. The van der Waals surface area contributed by atoms with Gasteiger partial charge in [0.1, 0.15) is 11.9 Å². The summed E-state index contributed by atoms with van der Waals surface area (Å²) in [6, 6.07) is 11.6. The van der Waals surface area contributed by atoms with Gasteiger partial charge in [0.05, 0.1) is 10.7 Å². The maximum absolute atomic E-state index is 9.92. The Morgan fingerprint density at radius 2 is 1.93 bits per heavy atom. The first kappa shape index (κ1) is 10.5. The molecule has 2 nitrogen and oxygen atoms in total. The van der Waals surface area contributed by atoms with E-state index >= 15 is 0 Å². The molecule has 0 aliphatic rings. The highest BCUT2D eigenvalue weighted by atomic mass is 79.9. The third-order valence-electron chi connectivity index (χ3n) is 2.22. The van der Waals surface area contributed by atoms with E-state index in [2.05, 4.69) is 15.9 Å². The lowest BCUT2D eigenvalue weighted by Crippen LogP contribution is -2.00. The molecule has 0 fully saturated rings. The monoisotopic (exact) mass is 266 g/mol. The van der Waals surface area contributed by atoms with Crippen molar-refractivity contribution in [3.05, 3.63) is 58.5 Å². The second-order valence-electron chi connectivity index (χ2n) is 3.34. The van der Waals surface area contributed by atoms with Gasteiger partial charge in [-0.05, 0) is 27.6 Å². The molecule has 1 heterocycles. The van der Waals surface area contributed by atoms with E-state index in [-0.39, 0.29) is 0 Å². The summed E-state index contributed by atoms with van der Waals surface area (Å²) in [7, 11) is 0. The van der Waals surface area contributed by atoms with E-state index in [0.29, 0.717) is 12.2 Å². The molecule has 1 N–H and O–H groups in total. The average molecular weight is 267 g/mol. The van der Waals surface area contributed by atoms with Crippen LogP contribution in [0.1, 0.15) is 17.4 Å². The number of hydrogen-bond donors (Lipinski definition) is 1. The third-order valence-corrected chi connectivity index (χ3v) is 2.87. The molecule has 2 rings (SSSR count). The van der Waals surface area contributed by atoms with Gasteiger partial charge in [0.15, 0.2) is 0 Å². The normalized spacial score (nSPS) is 12.7. The molecular formula is C12H11BrO2. The standard InChI is InChI=1S/C12H11BrO2/c13-10-6-7-15-12(10)11(14)8-9-4-2-1-3-5-9/h1-7,11,14H,8H2. The second kappa shape index (κ2) is 4.64. The highest BCUT2D eigenvalue weighted by Crippen LogP contribution is 2.26. The third kappa shape index (κ3) is 2.49. The van der Waals surface area contributed by atoms with Crippen LogP contribution in [0.25, 0.3) is 0 Å². The minimum atomic E-state index is -0.600. The zero-order chi connectivity index (χ0) is 10.7. The van der Waals surface area contributed by atoms with Crippen molar-refractivity contribution in [3.8, 4) is 0 Å². The maximum Gasteiger partial charge on any atom is 0.146 e. The molecule has 0 aliphatic heterocycles. The Morgan fingerprint density at radius 1 is 1.20 bits per heavy atom. The van der Waals surface area contributed by atoms with Crippen LogP contribution in [0.15, 0.2) is 51.6 Å². The Morgan fingerprint density at radius 3 is 2.53 bits per heavy atom. The van der Waals surface area contributed by atoms with Gasteiger partial charge in [0, 0.05) is 6.42 Å². The molecule has 0 spiro atoms. The van der Waals surface area contributed by atoms with Crippen molar-refractivity contribution < 1.29 is 9.52 Å². The molecule has 1 aromatic heterocycles. The number of furan rings is 1. The lowest BCUT2D eigenvalue weighted by atomic mass is 10.1. The van der Waals surface area contributed by atoms with Crippen LogP contribution in [0.2, 0.25) is 0 Å². The topological polar surface area (TPSA) is 33.4 Å². The average Bonchev–Trinajstić information content (AvgIpc) is 2.66. The Hall–Kier alpha value is -1.06.